The van der Waals surface area contributed by atoms with E-state index in [9.17, 15) is 9.59 Å². The highest BCUT2D eigenvalue weighted by atomic mass is 16.2. The molecule has 0 saturated carbocycles. The van der Waals surface area contributed by atoms with Crippen LogP contribution in [0.15, 0.2) is 0 Å². The van der Waals surface area contributed by atoms with Crippen LogP contribution in [0.2, 0.25) is 0 Å². The van der Waals surface area contributed by atoms with Crippen LogP contribution in [-0.4, -0.2) is 53.2 Å². The van der Waals surface area contributed by atoms with E-state index in [0.29, 0.717) is 37.1 Å². The molecule has 1 amide bonds. The molecule has 0 aromatic rings. The van der Waals surface area contributed by atoms with Crippen molar-refractivity contribution < 1.29 is 9.59 Å². The fourth-order valence-electron chi connectivity index (χ4n) is 3.39. The lowest BCUT2D eigenvalue weighted by Gasteiger charge is -2.34. The number of piperidine rings is 1. The summed E-state index contributed by atoms with van der Waals surface area (Å²) < 4.78 is 0. The molecule has 2 heterocycles. The summed E-state index contributed by atoms with van der Waals surface area (Å²) in [6, 6.07) is 0.835. The van der Waals surface area contributed by atoms with Crippen LogP contribution >= 0.6 is 0 Å². The van der Waals surface area contributed by atoms with Gasteiger partial charge in [0.15, 0.2) is 0 Å². The van der Waals surface area contributed by atoms with Gasteiger partial charge in [0.1, 0.15) is 5.78 Å². The molecule has 0 aliphatic carbocycles. The normalized spacial score (nSPS) is 27.6. The number of carbonyl (C=O) groups is 2. The van der Waals surface area contributed by atoms with Crippen LogP contribution in [0.3, 0.4) is 0 Å². The smallest absolute Gasteiger partial charge is 0.223 e. The van der Waals surface area contributed by atoms with Gasteiger partial charge < -0.3 is 4.90 Å². The first-order valence-corrected chi connectivity index (χ1v) is 7.20. The Bertz CT molecular complexity index is 310. The van der Waals surface area contributed by atoms with Gasteiger partial charge in [-0.2, -0.15) is 0 Å². The Hall–Kier alpha value is -0.900. The fraction of sp³-hybridized carbons (Fsp3) is 0.857. The molecule has 102 valence electrons. The van der Waals surface area contributed by atoms with Crippen LogP contribution in [0.1, 0.15) is 46.0 Å². The molecule has 4 heteroatoms. The molecule has 0 N–H and O–H groups in total. The second-order valence-corrected chi connectivity index (χ2v) is 5.39. The molecule has 2 saturated heterocycles. The van der Waals surface area contributed by atoms with Gasteiger partial charge in [-0.1, -0.05) is 0 Å². The summed E-state index contributed by atoms with van der Waals surface area (Å²) in [5.74, 6) is 0.658. The highest BCUT2D eigenvalue weighted by molar-refractivity contribution is 5.81. The molecule has 18 heavy (non-hydrogen) atoms. The number of nitrogens with zero attached hydrogens (tertiary/aromatic N) is 2. The quantitative estimate of drug-likeness (QED) is 0.743. The Morgan fingerprint density at radius 2 is 1.78 bits per heavy atom. The highest BCUT2D eigenvalue weighted by Gasteiger charge is 2.39. The van der Waals surface area contributed by atoms with Gasteiger partial charge in [-0.05, 0) is 26.7 Å². The number of rotatable bonds is 5. The van der Waals surface area contributed by atoms with E-state index in [4.69, 9.17) is 0 Å². The Labute approximate surface area is 109 Å². The van der Waals surface area contributed by atoms with Crippen molar-refractivity contribution in [2.45, 2.75) is 58.0 Å². The first-order valence-electron chi connectivity index (χ1n) is 7.20. The van der Waals surface area contributed by atoms with Gasteiger partial charge in [-0.25, -0.2) is 0 Å². The second-order valence-electron chi connectivity index (χ2n) is 5.39. The van der Waals surface area contributed by atoms with E-state index < -0.39 is 0 Å². The third-order valence-electron chi connectivity index (χ3n) is 4.40. The summed E-state index contributed by atoms with van der Waals surface area (Å²) in [7, 11) is 0. The Morgan fingerprint density at radius 3 is 2.28 bits per heavy atom. The van der Waals surface area contributed by atoms with E-state index in [0.717, 1.165) is 32.5 Å². The number of fused-ring (bicyclic) bond motifs is 2. The molecule has 4 nitrogen and oxygen atoms in total. The minimum Gasteiger partial charge on any atom is -0.343 e. The van der Waals surface area contributed by atoms with Crippen molar-refractivity contribution in [1.82, 2.24) is 9.80 Å². The number of ketones is 1. The molecular weight excluding hydrogens is 228 g/mol. The van der Waals surface area contributed by atoms with Crippen LogP contribution in [0, 0.1) is 0 Å². The van der Waals surface area contributed by atoms with E-state index >= 15 is 0 Å². The molecule has 0 aromatic carbocycles. The van der Waals surface area contributed by atoms with E-state index in [1.807, 2.05) is 18.7 Å². The second kappa shape index (κ2) is 5.83. The van der Waals surface area contributed by atoms with E-state index in [-0.39, 0.29) is 5.91 Å². The molecule has 0 aromatic heterocycles. The molecule has 2 bridgehead atoms. The molecule has 0 radical (unpaired) electrons. The van der Waals surface area contributed by atoms with E-state index in [1.165, 1.54) is 0 Å². The van der Waals surface area contributed by atoms with Crippen molar-refractivity contribution in [3.63, 3.8) is 0 Å². The third-order valence-corrected chi connectivity index (χ3v) is 4.40. The molecule has 2 atom stereocenters. The summed E-state index contributed by atoms with van der Waals surface area (Å²) in [5.41, 5.74) is 0. The maximum atomic E-state index is 12.0. The average molecular weight is 252 g/mol. The van der Waals surface area contributed by atoms with Crippen molar-refractivity contribution in [2.75, 3.05) is 19.6 Å². The zero-order valence-electron chi connectivity index (χ0n) is 11.5. The van der Waals surface area contributed by atoms with Crippen molar-refractivity contribution >= 4 is 11.7 Å². The van der Waals surface area contributed by atoms with Gasteiger partial charge in [-0.15, -0.1) is 0 Å². The first-order chi connectivity index (χ1) is 8.65. The standard InChI is InChI=1S/C14H24N2O2/c1-3-15(4-2)14(18)7-8-16-11-5-6-12(16)10-13(17)9-11/h11-12H,3-10H2,1-2H3. The topological polar surface area (TPSA) is 40.6 Å². The molecule has 2 aliphatic rings. The summed E-state index contributed by atoms with van der Waals surface area (Å²) in [6.07, 6.45) is 4.28. The van der Waals surface area contributed by atoms with Crippen molar-refractivity contribution in [2.24, 2.45) is 0 Å². The number of hydrogen-bond donors (Lipinski definition) is 0. The predicted molar refractivity (Wildman–Crippen MR) is 70.3 cm³/mol. The van der Waals surface area contributed by atoms with Crippen LogP contribution < -0.4 is 0 Å². The number of carbonyl (C=O) groups excluding carboxylic acids is 2. The minimum atomic E-state index is 0.247. The number of amides is 1. The van der Waals surface area contributed by atoms with Crippen molar-refractivity contribution in [1.29, 1.82) is 0 Å². The Balaban J connectivity index is 1.84. The lowest BCUT2D eigenvalue weighted by Crippen LogP contribution is -2.45. The Morgan fingerprint density at radius 1 is 1.22 bits per heavy atom. The SMILES string of the molecule is CCN(CC)C(=O)CCN1C2CCC1CC(=O)C2. The summed E-state index contributed by atoms with van der Waals surface area (Å²) in [5, 5.41) is 0. The average Bonchev–Trinajstić information content (AvgIpc) is 2.59. The van der Waals surface area contributed by atoms with Crippen LogP contribution in [0.5, 0.6) is 0 Å². The monoisotopic (exact) mass is 252 g/mol. The maximum absolute atomic E-state index is 12.0. The van der Waals surface area contributed by atoms with E-state index in [2.05, 4.69) is 4.90 Å². The van der Waals surface area contributed by atoms with Crippen molar-refractivity contribution in [3.8, 4) is 0 Å². The highest BCUT2D eigenvalue weighted by Crippen LogP contribution is 2.33. The lowest BCUT2D eigenvalue weighted by atomic mass is 10.0. The van der Waals surface area contributed by atoms with Crippen molar-refractivity contribution in [3.05, 3.63) is 0 Å². The first kappa shape index (κ1) is 13.5. The minimum absolute atomic E-state index is 0.247. The van der Waals surface area contributed by atoms with Gasteiger partial charge in [-0.3, -0.25) is 14.5 Å². The van der Waals surface area contributed by atoms with Gasteiger partial charge in [0, 0.05) is 51.0 Å². The summed E-state index contributed by atoms with van der Waals surface area (Å²) in [4.78, 5) is 27.8. The molecule has 0 spiro atoms. The molecule has 2 aliphatic heterocycles. The van der Waals surface area contributed by atoms with Crippen LogP contribution in [0.4, 0.5) is 0 Å². The van der Waals surface area contributed by atoms with Crippen LogP contribution in [0.25, 0.3) is 0 Å². The summed E-state index contributed by atoms with van der Waals surface area (Å²) in [6.45, 7) is 6.45. The lowest BCUT2D eigenvalue weighted by molar-refractivity contribution is -0.131. The maximum Gasteiger partial charge on any atom is 0.223 e. The molecule has 2 fully saturated rings. The summed E-state index contributed by atoms with van der Waals surface area (Å²) >= 11 is 0. The molecule has 2 rings (SSSR count). The fourth-order valence-corrected chi connectivity index (χ4v) is 3.39. The van der Waals surface area contributed by atoms with Gasteiger partial charge in [0.2, 0.25) is 5.91 Å². The third kappa shape index (κ3) is 2.74. The van der Waals surface area contributed by atoms with Gasteiger partial charge in [0.25, 0.3) is 0 Å². The molecular formula is C14H24N2O2. The number of Topliss-reactive ketones (excluding diaryl/α,β-unsaturated/α-hetero) is 1. The van der Waals surface area contributed by atoms with Gasteiger partial charge in [0.05, 0.1) is 0 Å². The number of hydrogen-bond acceptors (Lipinski definition) is 3. The van der Waals surface area contributed by atoms with E-state index in [1.54, 1.807) is 0 Å². The predicted octanol–water partition coefficient (Wildman–Crippen LogP) is 1.44. The zero-order valence-corrected chi connectivity index (χ0v) is 11.5. The molecule has 2 unspecified atom stereocenters. The zero-order chi connectivity index (χ0) is 13.1. The largest absolute Gasteiger partial charge is 0.343 e. The van der Waals surface area contributed by atoms with Crippen LogP contribution in [-0.2, 0) is 9.59 Å². The van der Waals surface area contributed by atoms with Gasteiger partial charge >= 0.3 is 0 Å². The Kier molecular flexibility index (Phi) is 4.38.